The number of nitrogens with zero attached hydrogens (tertiary/aromatic N) is 3. The lowest BCUT2D eigenvalue weighted by molar-refractivity contribution is -0.134. The molecule has 7 nitrogen and oxygen atoms in total. The molecule has 1 unspecified atom stereocenters. The van der Waals surface area contributed by atoms with Crippen LogP contribution in [0.2, 0.25) is 0 Å². The van der Waals surface area contributed by atoms with E-state index in [2.05, 4.69) is 15.6 Å². The Bertz CT molecular complexity index is 730. The van der Waals surface area contributed by atoms with Gasteiger partial charge in [-0.05, 0) is 31.7 Å². The van der Waals surface area contributed by atoms with E-state index in [4.69, 9.17) is 0 Å². The number of nitrogens with one attached hydrogen (secondary N) is 2. The summed E-state index contributed by atoms with van der Waals surface area (Å²) in [7, 11) is 1.71. The van der Waals surface area contributed by atoms with Crippen LogP contribution in [0.25, 0.3) is 0 Å². The van der Waals surface area contributed by atoms with Crippen molar-refractivity contribution >= 4 is 17.8 Å². The van der Waals surface area contributed by atoms with Gasteiger partial charge >= 0.3 is 0 Å². The number of benzene rings is 1. The average molecular weight is 414 g/mol. The van der Waals surface area contributed by atoms with E-state index in [1.54, 1.807) is 7.05 Å². The molecule has 2 N–H and O–H groups in total. The van der Waals surface area contributed by atoms with Gasteiger partial charge in [-0.15, -0.1) is 0 Å². The predicted molar refractivity (Wildman–Crippen MR) is 119 cm³/mol. The summed E-state index contributed by atoms with van der Waals surface area (Å²) < 4.78 is 0. The van der Waals surface area contributed by atoms with Crippen molar-refractivity contribution in [2.75, 3.05) is 33.2 Å². The number of aliphatic imine (C=N–C) groups is 1. The van der Waals surface area contributed by atoms with Crippen LogP contribution in [0.4, 0.5) is 0 Å². The summed E-state index contributed by atoms with van der Waals surface area (Å²) in [6.07, 6.45) is 5.33. The van der Waals surface area contributed by atoms with E-state index in [-0.39, 0.29) is 24.4 Å². The van der Waals surface area contributed by atoms with Crippen molar-refractivity contribution in [2.24, 2.45) is 10.9 Å². The van der Waals surface area contributed by atoms with Crippen molar-refractivity contribution < 1.29 is 9.59 Å². The molecule has 3 rings (SSSR count). The Morgan fingerprint density at radius 1 is 1.17 bits per heavy atom. The third-order valence-electron chi connectivity index (χ3n) is 6.13. The molecule has 7 heteroatoms. The number of hydrogen-bond donors (Lipinski definition) is 2. The Hall–Kier alpha value is -2.57. The molecular weight excluding hydrogens is 378 g/mol. The maximum atomic E-state index is 12.7. The molecule has 2 amide bonds. The zero-order chi connectivity index (χ0) is 21.3. The molecule has 0 spiro atoms. The lowest BCUT2D eigenvalue weighted by Crippen LogP contribution is -2.48. The molecule has 1 heterocycles. The molecule has 0 aromatic heterocycles. The first-order valence-corrected chi connectivity index (χ1v) is 11.2. The highest BCUT2D eigenvalue weighted by Gasteiger charge is 2.32. The monoisotopic (exact) mass is 413 g/mol. The highest BCUT2D eigenvalue weighted by atomic mass is 16.2. The van der Waals surface area contributed by atoms with Gasteiger partial charge in [0.1, 0.15) is 0 Å². The van der Waals surface area contributed by atoms with E-state index in [1.807, 2.05) is 47.1 Å². The van der Waals surface area contributed by atoms with E-state index >= 15 is 0 Å². The zero-order valence-corrected chi connectivity index (χ0v) is 18.3. The Labute approximate surface area is 179 Å². The van der Waals surface area contributed by atoms with Gasteiger partial charge in [0, 0.05) is 45.2 Å². The third-order valence-corrected chi connectivity index (χ3v) is 6.13. The molecule has 30 heavy (non-hydrogen) atoms. The van der Waals surface area contributed by atoms with Gasteiger partial charge in [0.2, 0.25) is 11.8 Å². The summed E-state index contributed by atoms with van der Waals surface area (Å²) in [5, 5.41) is 6.52. The van der Waals surface area contributed by atoms with Crippen LogP contribution in [-0.4, -0.2) is 66.8 Å². The number of guanidine groups is 1. The van der Waals surface area contributed by atoms with Gasteiger partial charge in [-0.3, -0.25) is 14.6 Å². The minimum absolute atomic E-state index is 0.0359. The molecule has 1 aromatic carbocycles. The van der Waals surface area contributed by atoms with Crippen molar-refractivity contribution in [1.82, 2.24) is 20.4 Å². The first-order valence-electron chi connectivity index (χ1n) is 11.2. The number of carbonyl (C=O) groups excluding carboxylic acids is 2. The fraction of sp³-hybridized carbons (Fsp3) is 0.609. The number of amides is 2. The molecule has 1 saturated heterocycles. The van der Waals surface area contributed by atoms with Gasteiger partial charge < -0.3 is 20.4 Å². The van der Waals surface area contributed by atoms with Gasteiger partial charge in [0.05, 0.1) is 6.54 Å². The minimum atomic E-state index is 0.0359. The molecule has 2 fully saturated rings. The summed E-state index contributed by atoms with van der Waals surface area (Å²) in [5.74, 6) is 1.19. The minimum Gasteiger partial charge on any atom is -0.352 e. The SMILES string of the molecule is CCN(Cc1ccccc1)C(=O)CNC(=NC)NC1CCN(C(=O)C2CCCC2)C1. The predicted octanol–water partition coefficient (Wildman–Crippen LogP) is 1.99. The summed E-state index contributed by atoms with van der Waals surface area (Å²) in [6.45, 7) is 4.94. The van der Waals surface area contributed by atoms with Crippen molar-refractivity contribution in [3.63, 3.8) is 0 Å². The lowest BCUT2D eigenvalue weighted by atomic mass is 10.1. The van der Waals surface area contributed by atoms with Crippen molar-refractivity contribution in [1.29, 1.82) is 0 Å². The Morgan fingerprint density at radius 3 is 2.57 bits per heavy atom. The van der Waals surface area contributed by atoms with E-state index in [0.717, 1.165) is 31.4 Å². The second-order valence-corrected chi connectivity index (χ2v) is 8.21. The van der Waals surface area contributed by atoms with Gasteiger partial charge in [-0.1, -0.05) is 43.2 Å². The molecule has 1 aliphatic carbocycles. The van der Waals surface area contributed by atoms with E-state index < -0.39 is 0 Å². The van der Waals surface area contributed by atoms with Crippen LogP contribution < -0.4 is 10.6 Å². The van der Waals surface area contributed by atoms with E-state index in [1.165, 1.54) is 12.8 Å². The maximum absolute atomic E-state index is 12.7. The van der Waals surface area contributed by atoms with Crippen LogP contribution >= 0.6 is 0 Å². The molecule has 1 aromatic rings. The summed E-state index contributed by atoms with van der Waals surface area (Å²) in [5.41, 5.74) is 1.12. The highest BCUT2D eigenvalue weighted by Crippen LogP contribution is 2.27. The molecule has 1 atom stereocenters. The fourth-order valence-electron chi connectivity index (χ4n) is 4.35. The Morgan fingerprint density at radius 2 is 1.90 bits per heavy atom. The Balaban J connectivity index is 1.44. The van der Waals surface area contributed by atoms with Crippen LogP contribution in [0.1, 0.15) is 44.6 Å². The zero-order valence-electron chi connectivity index (χ0n) is 18.3. The van der Waals surface area contributed by atoms with Crippen molar-refractivity contribution in [3.05, 3.63) is 35.9 Å². The topological polar surface area (TPSA) is 77.0 Å². The van der Waals surface area contributed by atoms with Gasteiger partial charge in [0.25, 0.3) is 0 Å². The van der Waals surface area contributed by atoms with Crippen molar-refractivity contribution in [3.8, 4) is 0 Å². The number of likely N-dealkylation sites (tertiary alicyclic amines) is 1. The number of rotatable bonds is 7. The molecule has 1 saturated carbocycles. The smallest absolute Gasteiger partial charge is 0.242 e. The van der Waals surface area contributed by atoms with Gasteiger partial charge in [-0.25, -0.2) is 0 Å². The van der Waals surface area contributed by atoms with E-state index in [0.29, 0.717) is 31.5 Å². The van der Waals surface area contributed by atoms with Gasteiger partial charge in [0.15, 0.2) is 5.96 Å². The summed E-state index contributed by atoms with van der Waals surface area (Å²) >= 11 is 0. The van der Waals surface area contributed by atoms with Gasteiger partial charge in [-0.2, -0.15) is 0 Å². The van der Waals surface area contributed by atoms with Crippen LogP contribution in [-0.2, 0) is 16.1 Å². The van der Waals surface area contributed by atoms with E-state index in [9.17, 15) is 9.59 Å². The molecule has 0 bridgehead atoms. The van der Waals surface area contributed by atoms with Crippen LogP contribution in [0, 0.1) is 5.92 Å². The standard InChI is InChI=1S/C23H35N5O2/c1-3-27(16-18-9-5-4-6-10-18)21(29)15-25-23(24-2)26-20-13-14-28(17-20)22(30)19-11-7-8-12-19/h4-6,9-10,19-20H,3,7-8,11-17H2,1-2H3,(H2,24,25,26). The molecule has 0 radical (unpaired) electrons. The highest BCUT2D eigenvalue weighted by molar-refractivity contribution is 5.86. The quantitative estimate of drug-likeness (QED) is 0.529. The first kappa shape index (κ1) is 22.1. The van der Waals surface area contributed by atoms with Crippen LogP contribution in [0.3, 0.4) is 0 Å². The number of hydrogen-bond acceptors (Lipinski definition) is 3. The summed E-state index contributed by atoms with van der Waals surface area (Å²) in [6, 6.07) is 10.2. The maximum Gasteiger partial charge on any atom is 0.242 e. The fourth-order valence-corrected chi connectivity index (χ4v) is 4.35. The normalized spacial score (nSPS) is 19.7. The first-order chi connectivity index (χ1) is 14.6. The van der Waals surface area contributed by atoms with Crippen LogP contribution in [0.5, 0.6) is 0 Å². The molecular formula is C23H35N5O2. The second-order valence-electron chi connectivity index (χ2n) is 8.21. The molecule has 1 aliphatic heterocycles. The molecule has 164 valence electrons. The average Bonchev–Trinajstić information content (AvgIpc) is 3.47. The lowest BCUT2D eigenvalue weighted by Gasteiger charge is -2.23. The number of carbonyl (C=O) groups is 2. The van der Waals surface area contributed by atoms with Crippen molar-refractivity contribution in [2.45, 2.75) is 51.6 Å². The van der Waals surface area contributed by atoms with Crippen LogP contribution in [0.15, 0.2) is 35.3 Å². The summed E-state index contributed by atoms with van der Waals surface area (Å²) in [4.78, 5) is 33.4. The molecule has 2 aliphatic rings. The Kier molecular flexibility index (Phi) is 8.11. The third kappa shape index (κ3) is 5.97. The second kappa shape index (κ2) is 11.0. The largest absolute Gasteiger partial charge is 0.352 e. The number of likely N-dealkylation sites (N-methyl/N-ethyl adjacent to an activating group) is 1.